The molecule has 0 aliphatic carbocycles. The Labute approximate surface area is 124 Å². The van der Waals surface area contributed by atoms with Gasteiger partial charge in [-0.05, 0) is 36.1 Å². The second kappa shape index (κ2) is 6.57. The highest BCUT2D eigenvalue weighted by Crippen LogP contribution is 2.15. The van der Waals surface area contributed by atoms with Crippen molar-refractivity contribution in [3.8, 4) is 0 Å². The highest BCUT2D eigenvalue weighted by molar-refractivity contribution is 7.09. The summed E-state index contributed by atoms with van der Waals surface area (Å²) in [5, 5.41) is 2.07. The predicted octanol–water partition coefficient (Wildman–Crippen LogP) is 2.96. The van der Waals surface area contributed by atoms with Gasteiger partial charge in [0.05, 0.1) is 6.42 Å². The minimum Gasteiger partial charge on any atom is -0.399 e. The molecule has 0 aliphatic rings. The van der Waals surface area contributed by atoms with Crippen LogP contribution in [0.5, 0.6) is 0 Å². The number of nitrogens with two attached hydrogens (primary N) is 1. The van der Waals surface area contributed by atoms with Gasteiger partial charge in [-0.15, -0.1) is 11.3 Å². The van der Waals surface area contributed by atoms with Gasteiger partial charge in [0, 0.05) is 30.1 Å². The van der Waals surface area contributed by atoms with Crippen molar-refractivity contribution in [2.24, 2.45) is 0 Å². The summed E-state index contributed by atoms with van der Waals surface area (Å²) in [6, 6.07) is 11.9. The summed E-state index contributed by atoms with van der Waals surface area (Å²) in [5.74, 6) is 0.125. The molecule has 2 rings (SSSR count). The molecule has 0 fully saturated rings. The Morgan fingerprint density at radius 3 is 2.80 bits per heavy atom. The van der Waals surface area contributed by atoms with Crippen LogP contribution < -0.4 is 5.73 Å². The smallest absolute Gasteiger partial charge is 0.226 e. The second-order valence-electron chi connectivity index (χ2n) is 5.06. The predicted molar refractivity (Wildman–Crippen MR) is 84.8 cm³/mol. The zero-order chi connectivity index (χ0) is 14.5. The highest BCUT2D eigenvalue weighted by Gasteiger charge is 2.16. The molecule has 1 atom stereocenters. The fourth-order valence-corrected chi connectivity index (χ4v) is 2.93. The van der Waals surface area contributed by atoms with Gasteiger partial charge in [-0.25, -0.2) is 0 Å². The van der Waals surface area contributed by atoms with Crippen LogP contribution in [0.3, 0.4) is 0 Å². The molecule has 4 heteroatoms. The number of hydrogen-bond donors (Lipinski definition) is 1. The lowest BCUT2D eigenvalue weighted by Gasteiger charge is -2.24. The van der Waals surface area contributed by atoms with E-state index in [-0.39, 0.29) is 11.9 Å². The summed E-state index contributed by atoms with van der Waals surface area (Å²) in [6.45, 7) is 2.08. The van der Waals surface area contributed by atoms with E-state index in [2.05, 4.69) is 18.4 Å². The number of likely N-dealkylation sites (N-methyl/N-ethyl adjacent to an activating group) is 1. The first-order valence-electron chi connectivity index (χ1n) is 6.68. The van der Waals surface area contributed by atoms with E-state index in [1.807, 2.05) is 42.3 Å². The molecule has 1 aromatic heterocycles. The van der Waals surface area contributed by atoms with E-state index in [0.29, 0.717) is 12.1 Å². The highest BCUT2D eigenvalue weighted by atomic mass is 32.1. The summed E-state index contributed by atoms with van der Waals surface area (Å²) in [5.41, 5.74) is 7.40. The largest absolute Gasteiger partial charge is 0.399 e. The third-order valence-electron chi connectivity index (χ3n) is 3.44. The van der Waals surface area contributed by atoms with Gasteiger partial charge in [0.15, 0.2) is 0 Å². The molecule has 106 valence electrons. The maximum Gasteiger partial charge on any atom is 0.226 e. The Balaban J connectivity index is 1.94. The van der Waals surface area contributed by atoms with Crippen molar-refractivity contribution in [2.45, 2.75) is 25.8 Å². The van der Waals surface area contributed by atoms with E-state index in [4.69, 9.17) is 5.73 Å². The van der Waals surface area contributed by atoms with Crippen LogP contribution in [-0.2, 0) is 17.6 Å². The van der Waals surface area contributed by atoms with Crippen molar-refractivity contribution in [1.29, 1.82) is 0 Å². The van der Waals surface area contributed by atoms with Crippen LogP contribution in [0.15, 0.2) is 41.8 Å². The molecule has 1 aromatic carbocycles. The van der Waals surface area contributed by atoms with Crippen molar-refractivity contribution in [2.75, 3.05) is 12.8 Å². The lowest BCUT2D eigenvalue weighted by Crippen LogP contribution is -2.37. The van der Waals surface area contributed by atoms with Crippen LogP contribution in [0.1, 0.15) is 17.4 Å². The molecule has 2 N–H and O–H groups in total. The van der Waals surface area contributed by atoms with Crippen molar-refractivity contribution >= 4 is 22.9 Å². The molecule has 1 amide bonds. The SMILES string of the molecule is CC(Cc1cccs1)N(C)C(=O)Cc1cccc(N)c1. The van der Waals surface area contributed by atoms with E-state index < -0.39 is 0 Å². The minimum absolute atomic E-state index is 0.125. The molecule has 0 bridgehead atoms. The monoisotopic (exact) mass is 288 g/mol. The van der Waals surface area contributed by atoms with E-state index in [1.165, 1.54) is 4.88 Å². The van der Waals surface area contributed by atoms with Gasteiger partial charge in [0.2, 0.25) is 5.91 Å². The Kier molecular flexibility index (Phi) is 4.79. The van der Waals surface area contributed by atoms with Crippen molar-refractivity contribution < 1.29 is 4.79 Å². The maximum absolute atomic E-state index is 12.3. The molecule has 1 heterocycles. The summed E-state index contributed by atoms with van der Waals surface area (Å²) in [4.78, 5) is 15.4. The van der Waals surface area contributed by atoms with Gasteiger partial charge in [-0.1, -0.05) is 18.2 Å². The van der Waals surface area contributed by atoms with Crippen LogP contribution in [0.4, 0.5) is 5.69 Å². The molecule has 2 aromatic rings. The van der Waals surface area contributed by atoms with Crippen LogP contribution >= 0.6 is 11.3 Å². The summed E-state index contributed by atoms with van der Waals surface area (Å²) in [6.07, 6.45) is 1.30. The van der Waals surface area contributed by atoms with E-state index in [0.717, 1.165) is 12.0 Å². The first-order chi connectivity index (χ1) is 9.56. The lowest BCUT2D eigenvalue weighted by atomic mass is 10.1. The van der Waals surface area contributed by atoms with Gasteiger partial charge >= 0.3 is 0 Å². The zero-order valence-electron chi connectivity index (χ0n) is 11.9. The quantitative estimate of drug-likeness (QED) is 0.860. The van der Waals surface area contributed by atoms with E-state index in [1.54, 1.807) is 11.3 Å². The number of thiophene rings is 1. The van der Waals surface area contributed by atoms with Gasteiger partial charge in [0.25, 0.3) is 0 Å². The van der Waals surface area contributed by atoms with Crippen LogP contribution in [0, 0.1) is 0 Å². The van der Waals surface area contributed by atoms with Gasteiger partial charge in [0.1, 0.15) is 0 Å². The van der Waals surface area contributed by atoms with Gasteiger partial charge < -0.3 is 10.6 Å². The number of hydrogen-bond acceptors (Lipinski definition) is 3. The fourth-order valence-electron chi connectivity index (χ4n) is 2.11. The first kappa shape index (κ1) is 14.6. The molecule has 1 unspecified atom stereocenters. The summed E-state index contributed by atoms with van der Waals surface area (Å²) >= 11 is 1.73. The molecule has 3 nitrogen and oxygen atoms in total. The molecule has 0 saturated carbocycles. The van der Waals surface area contributed by atoms with Gasteiger partial charge in [-0.3, -0.25) is 4.79 Å². The fraction of sp³-hybridized carbons (Fsp3) is 0.312. The summed E-state index contributed by atoms with van der Waals surface area (Å²) in [7, 11) is 1.87. The molecule has 0 saturated heterocycles. The van der Waals surface area contributed by atoms with Crippen LogP contribution in [0.25, 0.3) is 0 Å². The van der Waals surface area contributed by atoms with Crippen molar-refractivity contribution in [3.05, 3.63) is 52.2 Å². The lowest BCUT2D eigenvalue weighted by molar-refractivity contribution is -0.130. The Bertz CT molecular complexity index is 566. The molecule has 0 spiro atoms. The number of benzene rings is 1. The zero-order valence-corrected chi connectivity index (χ0v) is 12.7. The first-order valence-corrected chi connectivity index (χ1v) is 7.56. The number of rotatable bonds is 5. The molecular formula is C16H20N2OS. The third-order valence-corrected chi connectivity index (χ3v) is 4.34. The average Bonchev–Trinajstić information content (AvgIpc) is 2.90. The number of carbonyl (C=O) groups is 1. The topological polar surface area (TPSA) is 46.3 Å². The average molecular weight is 288 g/mol. The number of nitrogen functional groups attached to an aromatic ring is 1. The number of nitrogens with zero attached hydrogens (tertiary/aromatic N) is 1. The number of anilines is 1. The molecule has 0 radical (unpaired) electrons. The van der Waals surface area contributed by atoms with Gasteiger partial charge in [-0.2, -0.15) is 0 Å². The summed E-state index contributed by atoms with van der Waals surface area (Å²) < 4.78 is 0. The standard InChI is InChI=1S/C16H20N2OS/c1-12(9-15-7-4-8-20-15)18(2)16(19)11-13-5-3-6-14(17)10-13/h3-8,10,12H,9,11,17H2,1-2H3. The number of carbonyl (C=O) groups excluding carboxylic acids is 1. The second-order valence-corrected chi connectivity index (χ2v) is 6.09. The van der Waals surface area contributed by atoms with Crippen LogP contribution in [0.2, 0.25) is 0 Å². The molecule has 20 heavy (non-hydrogen) atoms. The molecular weight excluding hydrogens is 268 g/mol. The van der Waals surface area contributed by atoms with Crippen molar-refractivity contribution in [1.82, 2.24) is 4.90 Å². The minimum atomic E-state index is 0.125. The number of amides is 1. The Hall–Kier alpha value is -1.81. The Morgan fingerprint density at radius 2 is 2.15 bits per heavy atom. The van der Waals surface area contributed by atoms with E-state index in [9.17, 15) is 4.79 Å². The normalized spacial score (nSPS) is 12.1. The maximum atomic E-state index is 12.3. The molecule has 0 aliphatic heterocycles. The van der Waals surface area contributed by atoms with Crippen molar-refractivity contribution in [3.63, 3.8) is 0 Å². The van der Waals surface area contributed by atoms with Crippen LogP contribution in [-0.4, -0.2) is 23.9 Å². The third kappa shape index (κ3) is 3.84. The van der Waals surface area contributed by atoms with E-state index >= 15 is 0 Å². The Morgan fingerprint density at radius 1 is 1.35 bits per heavy atom.